The first kappa shape index (κ1) is 20.4. The highest BCUT2D eigenvalue weighted by atomic mass is 32.2. The summed E-state index contributed by atoms with van der Waals surface area (Å²) in [6.45, 7) is 5.22. The van der Waals surface area contributed by atoms with Crippen LogP contribution in [0.25, 0.3) is 11.4 Å². The highest BCUT2D eigenvalue weighted by molar-refractivity contribution is 8.03. The van der Waals surface area contributed by atoms with Gasteiger partial charge in [-0.3, -0.25) is 9.88 Å². The molecule has 0 bridgehead atoms. The number of pyridine rings is 1. The summed E-state index contributed by atoms with van der Waals surface area (Å²) in [5.74, 6) is 0.807. The van der Waals surface area contributed by atoms with Gasteiger partial charge in [0.15, 0.2) is 5.82 Å². The number of fused-ring (bicyclic) bond motifs is 1. The Bertz CT molecular complexity index is 1080. The lowest BCUT2D eigenvalue weighted by atomic mass is 9.97. The Kier molecular flexibility index (Phi) is 6.14. The topological polar surface area (TPSA) is 41.9 Å². The molecular formula is C26H28N4S. The molecule has 1 aliphatic heterocycles. The van der Waals surface area contributed by atoms with Crippen LogP contribution in [0, 0.1) is 6.92 Å². The van der Waals surface area contributed by atoms with Crippen LogP contribution in [0.2, 0.25) is 0 Å². The molecule has 0 spiro atoms. The lowest BCUT2D eigenvalue weighted by molar-refractivity contribution is 0.268. The first-order chi connectivity index (χ1) is 15.2. The molecule has 0 radical (unpaired) electrons. The van der Waals surface area contributed by atoms with E-state index in [0.29, 0.717) is 0 Å². The summed E-state index contributed by atoms with van der Waals surface area (Å²) in [7, 11) is 0. The largest absolute Gasteiger partial charge is 0.295 e. The van der Waals surface area contributed by atoms with Crippen molar-refractivity contribution in [3.8, 4) is 11.4 Å². The zero-order valence-electron chi connectivity index (χ0n) is 18.1. The van der Waals surface area contributed by atoms with Gasteiger partial charge in [0, 0.05) is 60.7 Å². The number of rotatable bonds is 5. The molecule has 0 saturated carbocycles. The SMILES string of the molecule is Cc1ccc(SC2=C(CN3CCc4nc(-c5ccncc5)ncc4C3)CCCC2)cc1. The van der Waals surface area contributed by atoms with Gasteiger partial charge in [-0.25, -0.2) is 9.97 Å². The molecule has 0 saturated heterocycles. The molecule has 1 aliphatic carbocycles. The zero-order chi connectivity index (χ0) is 21.0. The Morgan fingerprint density at radius 2 is 1.77 bits per heavy atom. The van der Waals surface area contributed by atoms with Gasteiger partial charge >= 0.3 is 0 Å². The van der Waals surface area contributed by atoms with E-state index in [1.165, 1.54) is 47.4 Å². The zero-order valence-corrected chi connectivity index (χ0v) is 18.9. The van der Waals surface area contributed by atoms with Crippen LogP contribution in [-0.4, -0.2) is 32.9 Å². The first-order valence-electron chi connectivity index (χ1n) is 11.2. The average Bonchev–Trinajstić information content (AvgIpc) is 2.82. The molecule has 0 unspecified atom stereocenters. The Labute approximate surface area is 188 Å². The van der Waals surface area contributed by atoms with Gasteiger partial charge in [0.2, 0.25) is 0 Å². The summed E-state index contributed by atoms with van der Waals surface area (Å²) < 4.78 is 0. The van der Waals surface area contributed by atoms with Gasteiger partial charge < -0.3 is 0 Å². The van der Waals surface area contributed by atoms with E-state index in [4.69, 9.17) is 4.98 Å². The molecule has 3 heterocycles. The van der Waals surface area contributed by atoms with E-state index in [0.717, 1.165) is 37.4 Å². The summed E-state index contributed by atoms with van der Waals surface area (Å²) in [5.41, 5.74) is 6.46. The number of aryl methyl sites for hydroxylation is 1. The van der Waals surface area contributed by atoms with Gasteiger partial charge in [0.25, 0.3) is 0 Å². The lowest BCUT2D eigenvalue weighted by Gasteiger charge is -2.31. The summed E-state index contributed by atoms with van der Waals surface area (Å²) in [5, 5.41) is 0. The second-order valence-corrected chi connectivity index (χ2v) is 9.68. The minimum Gasteiger partial charge on any atom is -0.295 e. The lowest BCUT2D eigenvalue weighted by Crippen LogP contribution is -2.33. The second kappa shape index (κ2) is 9.33. The molecule has 0 N–H and O–H groups in total. The fourth-order valence-corrected chi connectivity index (χ4v) is 5.51. The molecular weight excluding hydrogens is 400 g/mol. The fraction of sp³-hybridized carbons (Fsp3) is 0.346. The van der Waals surface area contributed by atoms with Crippen molar-refractivity contribution in [3.05, 3.63) is 82.3 Å². The predicted molar refractivity (Wildman–Crippen MR) is 127 cm³/mol. The predicted octanol–water partition coefficient (Wildman–Crippen LogP) is 5.83. The first-order valence-corrected chi connectivity index (χ1v) is 12.0. The minimum absolute atomic E-state index is 0.807. The number of benzene rings is 1. The quantitative estimate of drug-likeness (QED) is 0.512. The summed E-state index contributed by atoms with van der Waals surface area (Å²) >= 11 is 1.98. The third-order valence-corrected chi connectivity index (χ3v) is 7.40. The van der Waals surface area contributed by atoms with E-state index >= 15 is 0 Å². The number of hydrogen-bond acceptors (Lipinski definition) is 5. The third-order valence-electron chi connectivity index (χ3n) is 6.15. The fourth-order valence-electron chi connectivity index (χ4n) is 4.40. The number of allylic oxidation sites excluding steroid dienone is 1. The molecule has 5 heteroatoms. The number of aromatic nitrogens is 3. The molecule has 3 aromatic rings. The molecule has 1 aromatic carbocycles. The molecule has 2 aromatic heterocycles. The normalized spacial score (nSPS) is 16.9. The Morgan fingerprint density at radius 3 is 2.61 bits per heavy atom. The Morgan fingerprint density at radius 1 is 0.968 bits per heavy atom. The molecule has 158 valence electrons. The van der Waals surface area contributed by atoms with Crippen molar-refractivity contribution >= 4 is 11.8 Å². The van der Waals surface area contributed by atoms with E-state index in [1.54, 1.807) is 22.9 Å². The van der Waals surface area contributed by atoms with Gasteiger partial charge in [-0.2, -0.15) is 0 Å². The standard InChI is InChI=1S/C26H28N4S/c1-19-6-8-23(9-7-19)31-25-5-3-2-4-21(25)17-30-15-12-24-22(18-30)16-28-26(29-24)20-10-13-27-14-11-20/h6-11,13-14,16H,2-5,12,15,17-18H2,1H3. The van der Waals surface area contributed by atoms with Crippen LogP contribution < -0.4 is 0 Å². The highest BCUT2D eigenvalue weighted by Gasteiger charge is 2.22. The van der Waals surface area contributed by atoms with E-state index in [1.807, 2.05) is 30.1 Å². The highest BCUT2D eigenvalue weighted by Crippen LogP contribution is 2.38. The molecule has 2 aliphatic rings. The van der Waals surface area contributed by atoms with E-state index in [-0.39, 0.29) is 0 Å². The van der Waals surface area contributed by atoms with Crippen molar-refractivity contribution in [2.24, 2.45) is 0 Å². The van der Waals surface area contributed by atoms with Crippen LogP contribution in [0.5, 0.6) is 0 Å². The second-order valence-electron chi connectivity index (χ2n) is 8.51. The molecule has 5 rings (SSSR count). The molecule has 31 heavy (non-hydrogen) atoms. The van der Waals surface area contributed by atoms with Gasteiger partial charge in [-0.05, 0) is 67.4 Å². The minimum atomic E-state index is 0.807. The van der Waals surface area contributed by atoms with Gasteiger partial charge in [0.05, 0.1) is 5.69 Å². The van der Waals surface area contributed by atoms with Crippen molar-refractivity contribution in [2.75, 3.05) is 13.1 Å². The average molecular weight is 429 g/mol. The van der Waals surface area contributed by atoms with Crippen molar-refractivity contribution in [1.29, 1.82) is 0 Å². The van der Waals surface area contributed by atoms with E-state index in [2.05, 4.69) is 46.1 Å². The third kappa shape index (κ3) is 4.89. The number of thioether (sulfide) groups is 1. The van der Waals surface area contributed by atoms with Crippen molar-refractivity contribution in [3.63, 3.8) is 0 Å². The van der Waals surface area contributed by atoms with Crippen LogP contribution in [0.15, 0.2) is 70.4 Å². The summed E-state index contributed by atoms with van der Waals surface area (Å²) in [6.07, 6.45) is 11.7. The van der Waals surface area contributed by atoms with E-state index in [9.17, 15) is 0 Å². The van der Waals surface area contributed by atoms with Crippen molar-refractivity contribution in [2.45, 2.75) is 50.5 Å². The summed E-state index contributed by atoms with van der Waals surface area (Å²) in [6, 6.07) is 12.9. The maximum absolute atomic E-state index is 4.86. The smallest absolute Gasteiger partial charge is 0.159 e. The van der Waals surface area contributed by atoms with Crippen molar-refractivity contribution in [1.82, 2.24) is 19.9 Å². The maximum atomic E-state index is 4.86. The van der Waals surface area contributed by atoms with Crippen LogP contribution in [0.1, 0.15) is 42.5 Å². The van der Waals surface area contributed by atoms with Crippen molar-refractivity contribution < 1.29 is 0 Å². The van der Waals surface area contributed by atoms with Crippen LogP contribution in [0.4, 0.5) is 0 Å². The van der Waals surface area contributed by atoms with Gasteiger partial charge in [-0.1, -0.05) is 29.5 Å². The van der Waals surface area contributed by atoms with Crippen LogP contribution in [0.3, 0.4) is 0 Å². The van der Waals surface area contributed by atoms with Crippen LogP contribution >= 0.6 is 11.8 Å². The number of nitrogens with zero attached hydrogens (tertiary/aromatic N) is 4. The number of hydrogen-bond donors (Lipinski definition) is 0. The Hall–Kier alpha value is -2.50. The van der Waals surface area contributed by atoms with Crippen LogP contribution in [-0.2, 0) is 13.0 Å². The monoisotopic (exact) mass is 428 g/mol. The van der Waals surface area contributed by atoms with Gasteiger partial charge in [0.1, 0.15) is 0 Å². The molecule has 0 amide bonds. The maximum Gasteiger partial charge on any atom is 0.159 e. The molecule has 0 fully saturated rings. The molecule has 4 nitrogen and oxygen atoms in total. The summed E-state index contributed by atoms with van der Waals surface area (Å²) in [4.78, 5) is 19.1. The molecule has 0 atom stereocenters. The Balaban J connectivity index is 1.30. The van der Waals surface area contributed by atoms with E-state index < -0.39 is 0 Å². The van der Waals surface area contributed by atoms with Gasteiger partial charge in [-0.15, -0.1) is 0 Å².